The summed E-state index contributed by atoms with van der Waals surface area (Å²) in [5.41, 5.74) is 0.191. The number of carbonyl (C=O) groups excluding carboxylic acids is 2. The number of carbonyl (C=O) groups is 2. The van der Waals surface area contributed by atoms with Gasteiger partial charge < -0.3 is 9.47 Å². The average Bonchev–Trinajstić information content (AvgIpc) is 2.81. The molecule has 0 heterocycles. The predicted molar refractivity (Wildman–Crippen MR) is 134 cm³/mol. The molecule has 0 saturated carbocycles. The topological polar surface area (TPSA) is 107 Å². The van der Waals surface area contributed by atoms with Crippen LogP contribution in [0.1, 0.15) is 118 Å². The Labute approximate surface area is 205 Å². The van der Waals surface area contributed by atoms with Gasteiger partial charge in [-0.15, -0.1) is 0 Å². The first-order valence-corrected chi connectivity index (χ1v) is 14.2. The maximum Gasteiger partial charge on any atom is 0.339 e. The van der Waals surface area contributed by atoms with Crippen LogP contribution >= 0.6 is 0 Å². The lowest BCUT2D eigenvalue weighted by atomic mass is 10.1. The van der Waals surface area contributed by atoms with Gasteiger partial charge in [-0.1, -0.05) is 89.7 Å². The molecule has 0 fully saturated rings. The van der Waals surface area contributed by atoms with Crippen LogP contribution in [0.5, 0.6) is 0 Å². The zero-order valence-electron chi connectivity index (χ0n) is 20.8. The van der Waals surface area contributed by atoms with Crippen LogP contribution in [0.25, 0.3) is 0 Å². The Hall–Kier alpha value is -1.93. The van der Waals surface area contributed by atoms with E-state index in [1.54, 1.807) is 12.1 Å². The van der Waals surface area contributed by atoms with Crippen LogP contribution in [-0.2, 0) is 19.6 Å². The van der Waals surface area contributed by atoms with Crippen molar-refractivity contribution in [3.63, 3.8) is 0 Å². The molecule has 0 bridgehead atoms. The molecule has 0 aliphatic carbocycles. The third-order valence-electron chi connectivity index (χ3n) is 5.86. The average molecular weight is 499 g/mol. The number of benzene rings is 1. The van der Waals surface area contributed by atoms with Crippen LogP contribution in [0.15, 0.2) is 24.3 Å². The van der Waals surface area contributed by atoms with E-state index >= 15 is 0 Å². The van der Waals surface area contributed by atoms with Crippen LogP contribution in [0.4, 0.5) is 0 Å². The molecule has 194 valence electrons. The largest absolute Gasteiger partial charge is 0.462 e. The molecule has 0 saturated heterocycles. The number of unbranched alkanes of at least 4 members (excludes halogenated alkanes) is 11. The monoisotopic (exact) mass is 498 g/mol. The lowest BCUT2D eigenvalue weighted by Crippen LogP contribution is -2.20. The Balaban J connectivity index is 2.25. The molecule has 0 amide bonds. The molecule has 0 aromatic heterocycles. The summed E-state index contributed by atoms with van der Waals surface area (Å²) in [4.78, 5) is 24.8. The fourth-order valence-corrected chi connectivity index (χ4v) is 3.96. The third-order valence-corrected chi connectivity index (χ3v) is 7.12. The van der Waals surface area contributed by atoms with E-state index in [4.69, 9.17) is 14.0 Å². The minimum Gasteiger partial charge on any atom is -0.462 e. The molecule has 1 atom stereocenters. The molecular formula is C26H42O7S. The van der Waals surface area contributed by atoms with Gasteiger partial charge in [0, 0.05) is 6.42 Å². The lowest BCUT2D eigenvalue weighted by Gasteiger charge is -2.11. The zero-order chi connectivity index (χ0) is 25.2. The second-order valence-electron chi connectivity index (χ2n) is 8.82. The van der Waals surface area contributed by atoms with E-state index in [1.807, 2.05) is 0 Å². The normalized spacial score (nSPS) is 12.3. The minimum atomic E-state index is -4.18. The standard InChI is InChI=1S/C26H42O7S/c1-3-4-5-6-7-8-9-10-11-12-13-16-20-32-25(27)23-17-14-15-18-24(23)26(28)33-21-19-22(2)34(29,30)31/h14-15,17-18,22H,3-13,16,19-21H2,1-2H3,(H,29,30,31). The summed E-state index contributed by atoms with van der Waals surface area (Å²) in [7, 11) is -4.18. The number of rotatable bonds is 19. The molecule has 1 aromatic rings. The van der Waals surface area contributed by atoms with Crippen LogP contribution in [0.2, 0.25) is 0 Å². The summed E-state index contributed by atoms with van der Waals surface area (Å²) >= 11 is 0. The van der Waals surface area contributed by atoms with Crippen molar-refractivity contribution in [3.05, 3.63) is 35.4 Å². The molecule has 1 aromatic carbocycles. The predicted octanol–water partition coefficient (Wildman–Crippen LogP) is 6.37. The first kappa shape index (κ1) is 30.1. The van der Waals surface area contributed by atoms with E-state index < -0.39 is 27.3 Å². The summed E-state index contributed by atoms with van der Waals surface area (Å²) in [6.45, 7) is 3.66. The van der Waals surface area contributed by atoms with Crippen molar-refractivity contribution in [2.45, 2.75) is 103 Å². The van der Waals surface area contributed by atoms with Crippen LogP contribution < -0.4 is 0 Å². The van der Waals surface area contributed by atoms with E-state index in [0.29, 0.717) is 6.61 Å². The van der Waals surface area contributed by atoms with Gasteiger partial charge in [0.2, 0.25) is 0 Å². The van der Waals surface area contributed by atoms with Crippen LogP contribution in [0.3, 0.4) is 0 Å². The van der Waals surface area contributed by atoms with Gasteiger partial charge in [0.05, 0.1) is 29.6 Å². The van der Waals surface area contributed by atoms with Gasteiger partial charge in [-0.05, 0) is 25.5 Å². The SMILES string of the molecule is CCCCCCCCCCCCCCOC(=O)c1ccccc1C(=O)OCCC(C)S(=O)(=O)O. The molecule has 8 heteroatoms. The third kappa shape index (κ3) is 13.1. The van der Waals surface area contributed by atoms with Gasteiger partial charge in [-0.3, -0.25) is 4.55 Å². The van der Waals surface area contributed by atoms with E-state index in [-0.39, 0.29) is 24.2 Å². The summed E-state index contributed by atoms with van der Waals surface area (Å²) in [5.74, 6) is -1.32. The highest BCUT2D eigenvalue weighted by atomic mass is 32.2. The first-order chi connectivity index (χ1) is 16.3. The van der Waals surface area contributed by atoms with Crippen molar-refractivity contribution in [2.24, 2.45) is 0 Å². The molecular weight excluding hydrogens is 456 g/mol. The number of ether oxygens (including phenoxy) is 2. The number of hydrogen-bond donors (Lipinski definition) is 1. The summed E-state index contributed by atoms with van der Waals surface area (Å²) < 4.78 is 41.5. The molecule has 0 radical (unpaired) electrons. The second-order valence-corrected chi connectivity index (χ2v) is 10.7. The Morgan fingerprint density at radius 3 is 1.62 bits per heavy atom. The summed E-state index contributed by atoms with van der Waals surface area (Å²) in [6.07, 6.45) is 14.6. The fourth-order valence-electron chi connectivity index (χ4n) is 3.57. The highest BCUT2D eigenvalue weighted by molar-refractivity contribution is 7.86. The quantitative estimate of drug-likeness (QED) is 0.134. The van der Waals surface area contributed by atoms with Gasteiger partial charge in [0.15, 0.2) is 0 Å². The molecule has 1 N–H and O–H groups in total. The van der Waals surface area contributed by atoms with Crippen LogP contribution in [0, 0.1) is 0 Å². The first-order valence-electron chi connectivity index (χ1n) is 12.7. The Bertz CT molecular complexity index is 820. The van der Waals surface area contributed by atoms with Gasteiger partial charge in [-0.25, -0.2) is 9.59 Å². The van der Waals surface area contributed by atoms with Crippen molar-refractivity contribution in [1.29, 1.82) is 0 Å². The van der Waals surface area contributed by atoms with Gasteiger partial charge in [0.25, 0.3) is 10.1 Å². The Kier molecular flexibility index (Phi) is 15.5. The molecule has 0 spiro atoms. The van der Waals surface area contributed by atoms with Crippen molar-refractivity contribution in [2.75, 3.05) is 13.2 Å². The fraction of sp³-hybridized carbons (Fsp3) is 0.692. The highest BCUT2D eigenvalue weighted by Crippen LogP contribution is 2.15. The van der Waals surface area contributed by atoms with Gasteiger partial charge in [-0.2, -0.15) is 8.42 Å². The van der Waals surface area contributed by atoms with E-state index in [0.717, 1.165) is 19.3 Å². The smallest absolute Gasteiger partial charge is 0.339 e. The van der Waals surface area contributed by atoms with Crippen LogP contribution in [-0.4, -0.2) is 43.4 Å². The summed E-state index contributed by atoms with van der Waals surface area (Å²) in [5, 5.41) is -1.05. The Morgan fingerprint density at radius 2 is 1.18 bits per heavy atom. The van der Waals surface area contributed by atoms with Crippen molar-refractivity contribution in [3.8, 4) is 0 Å². The molecule has 0 aliphatic heterocycles. The van der Waals surface area contributed by atoms with E-state index in [9.17, 15) is 18.0 Å². The van der Waals surface area contributed by atoms with Gasteiger partial charge in [0.1, 0.15) is 0 Å². The maximum atomic E-state index is 12.4. The Morgan fingerprint density at radius 1 is 0.765 bits per heavy atom. The number of esters is 2. The molecule has 1 unspecified atom stereocenters. The number of hydrogen-bond acceptors (Lipinski definition) is 6. The van der Waals surface area contributed by atoms with E-state index in [1.165, 1.54) is 76.8 Å². The zero-order valence-corrected chi connectivity index (χ0v) is 21.6. The van der Waals surface area contributed by atoms with Crippen molar-refractivity contribution >= 4 is 22.1 Å². The van der Waals surface area contributed by atoms with Gasteiger partial charge >= 0.3 is 11.9 Å². The summed E-state index contributed by atoms with van der Waals surface area (Å²) in [6, 6.07) is 6.22. The van der Waals surface area contributed by atoms with E-state index in [2.05, 4.69) is 6.92 Å². The lowest BCUT2D eigenvalue weighted by molar-refractivity contribution is 0.0451. The second kappa shape index (κ2) is 17.5. The molecule has 34 heavy (non-hydrogen) atoms. The molecule has 0 aliphatic rings. The van der Waals surface area contributed by atoms with Crippen molar-refractivity contribution in [1.82, 2.24) is 0 Å². The molecule has 1 rings (SSSR count). The molecule has 7 nitrogen and oxygen atoms in total. The highest BCUT2D eigenvalue weighted by Gasteiger charge is 2.21. The maximum absolute atomic E-state index is 12.4. The van der Waals surface area contributed by atoms with Crippen molar-refractivity contribution < 1.29 is 32.0 Å². The minimum absolute atomic E-state index is 0.0455.